The summed E-state index contributed by atoms with van der Waals surface area (Å²) in [5.74, 6) is -1.57. The van der Waals surface area contributed by atoms with Crippen LogP contribution < -0.4 is 10.2 Å². The van der Waals surface area contributed by atoms with Crippen molar-refractivity contribution in [3.63, 3.8) is 0 Å². The van der Waals surface area contributed by atoms with Crippen molar-refractivity contribution in [3.8, 4) is 0 Å². The summed E-state index contributed by atoms with van der Waals surface area (Å²) in [7, 11) is 0. The minimum atomic E-state index is -1.01. The first-order valence-electron chi connectivity index (χ1n) is 7.78. The largest absolute Gasteiger partial charge is 0.480 e. The van der Waals surface area contributed by atoms with Gasteiger partial charge in [-0.05, 0) is 51.5 Å². The van der Waals surface area contributed by atoms with E-state index in [9.17, 15) is 19.5 Å². The van der Waals surface area contributed by atoms with Crippen molar-refractivity contribution in [1.82, 2.24) is 0 Å². The predicted octanol–water partition coefficient (Wildman–Crippen LogP) is 2.02. The number of rotatable bonds is 5. The Morgan fingerprint density at radius 3 is 2.46 bits per heavy atom. The van der Waals surface area contributed by atoms with Crippen molar-refractivity contribution in [2.75, 3.05) is 16.8 Å². The Balaban J connectivity index is 1.99. The van der Waals surface area contributed by atoms with Gasteiger partial charge in [0.05, 0.1) is 0 Å². The van der Waals surface area contributed by atoms with Crippen LogP contribution in [0.1, 0.15) is 33.6 Å². The van der Waals surface area contributed by atoms with Crippen molar-refractivity contribution in [2.24, 2.45) is 0 Å². The Labute approximate surface area is 140 Å². The van der Waals surface area contributed by atoms with Gasteiger partial charge in [0.25, 0.3) is 0 Å². The molecule has 1 aromatic rings. The molecule has 0 saturated carbocycles. The molecule has 1 amide bonds. The third-order valence-electron chi connectivity index (χ3n) is 3.50. The molecule has 1 heterocycles. The van der Waals surface area contributed by atoms with Gasteiger partial charge in [0, 0.05) is 17.8 Å². The van der Waals surface area contributed by atoms with Crippen molar-refractivity contribution >= 4 is 29.2 Å². The van der Waals surface area contributed by atoms with Crippen LogP contribution >= 0.6 is 0 Å². The summed E-state index contributed by atoms with van der Waals surface area (Å²) in [4.78, 5) is 36.1. The van der Waals surface area contributed by atoms with Gasteiger partial charge in [-0.15, -0.1) is 0 Å². The summed E-state index contributed by atoms with van der Waals surface area (Å²) in [5.41, 5.74) is 0.681. The van der Waals surface area contributed by atoms with E-state index in [0.717, 1.165) is 0 Å². The molecule has 7 heteroatoms. The Bertz CT molecular complexity index is 633. The summed E-state index contributed by atoms with van der Waals surface area (Å²) in [6.07, 6.45) is 0.544. The molecule has 0 bridgehead atoms. The lowest BCUT2D eigenvalue weighted by Crippen LogP contribution is -2.38. The van der Waals surface area contributed by atoms with Crippen LogP contribution in [0.2, 0.25) is 0 Å². The molecular weight excluding hydrogens is 312 g/mol. The summed E-state index contributed by atoms with van der Waals surface area (Å²) in [6, 6.07) is 5.90. The number of nitrogens with one attached hydrogen (secondary N) is 1. The van der Waals surface area contributed by atoms with Crippen molar-refractivity contribution in [2.45, 2.75) is 45.3 Å². The van der Waals surface area contributed by atoms with E-state index in [2.05, 4.69) is 5.32 Å². The number of amides is 1. The van der Waals surface area contributed by atoms with Crippen molar-refractivity contribution in [1.29, 1.82) is 0 Å². The molecule has 1 fully saturated rings. The molecule has 1 saturated heterocycles. The first-order valence-corrected chi connectivity index (χ1v) is 7.78. The number of nitrogens with zero attached hydrogens (tertiary/aromatic N) is 1. The van der Waals surface area contributed by atoms with Crippen LogP contribution in [0, 0.1) is 0 Å². The van der Waals surface area contributed by atoms with Gasteiger partial charge < -0.3 is 15.2 Å². The molecule has 24 heavy (non-hydrogen) atoms. The normalized spacial score (nSPS) is 17.7. The fourth-order valence-corrected chi connectivity index (χ4v) is 2.53. The van der Waals surface area contributed by atoms with Crippen LogP contribution in [0.15, 0.2) is 24.3 Å². The number of benzene rings is 1. The zero-order valence-electron chi connectivity index (χ0n) is 14.0. The van der Waals surface area contributed by atoms with Gasteiger partial charge in [0.1, 0.15) is 18.2 Å². The molecule has 130 valence electrons. The lowest BCUT2D eigenvalue weighted by Gasteiger charge is -2.22. The summed E-state index contributed by atoms with van der Waals surface area (Å²) in [5, 5.41) is 12.1. The molecular formula is C17H22N2O5. The van der Waals surface area contributed by atoms with Gasteiger partial charge in [-0.1, -0.05) is 0 Å². The molecule has 1 aliphatic heterocycles. The van der Waals surface area contributed by atoms with E-state index >= 15 is 0 Å². The van der Waals surface area contributed by atoms with Crippen molar-refractivity contribution in [3.05, 3.63) is 24.3 Å². The second-order valence-corrected chi connectivity index (χ2v) is 6.64. The molecule has 0 radical (unpaired) electrons. The number of anilines is 2. The fourth-order valence-electron chi connectivity index (χ4n) is 2.53. The average molecular weight is 334 g/mol. The van der Waals surface area contributed by atoms with E-state index in [1.54, 1.807) is 45.0 Å². The molecule has 1 aromatic carbocycles. The zero-order chi connectivity index (χ0) is 17.9. The molecule has 0 unspecified atom stereocenters. The topological polar surface area (TPSA) is 95.9 Å². The van der Waals surface area contributed by atoms with Gasteiger partial charge in [-0.2, -0.15) is 0 Å². The van der Waals surface area contributed by atoms with Crippen LogP contribution in [-0.2, 0) is 19.1 Å². The van der Waals surface area contributed by atoms with E-state index in [-0.39, 0.29) is 24.8 Å². The third kappa shape index (κ3) is 4.47. The Morgan fingerprint density at radius 2 is 1.92 bits per heavy atom. The van der Waals surface area contributed by atoms with Gasteiger partial charge in [-0.25, -0.2) is 4.79 Å². The van der Waals surface area contributed by atoms with E-state index in [0.29, 0.717) is 17.8 Å². The van der Waals surface area contributed by atoms with Crippen LogP contribution in [0.3, 0.4) is 0 Å². The first kappa shape index (κ1) is 17.8. The Morgan fingerprint density at radius 1 is 1.29 bits per heavy atom. The molecule has 1 aliphatic rings. The smallest absolute Gasteiger partial charge is 0.326 e. The highest BCUT2D eigenvalue weighted by Gasteiger charge is 2.36. The number of carboxylic acid groups (broad SMARTS) is 1. The maximum atomic E-state index is 11.9. The van der Waals surface area contributed by atoms with Crippen LogP contribution in [-0.4, -0.2) is 41.1 Å². The number of carbonyl (C=O) groups is 3. The minimum Gasteiger partial charge on any atom is -0.480 e. The number of aliphatic carboxylic acids is 1. The highest BCUT2D eigenvalue weighted by molar-refractivity contribution is 6.02. The number of carbonyl (C=O) groups excluding carboxylic acids is 2. The summed E-state index contributed by atoms with van der Waals surface area (Å²) >= 11 is 0. The van der Waals surface area contributed by atoms with Crippen LogP contribution in [0.4, 0.5) is 11.4 Å². The lowest BCUT2D eigenvalue weighted by atomic mass is 10.2. The zero-order valence-corrected chi connectivity index (χ0v) is 14.0. The number of hydrogen-bond donors (Lipinski definition) is 2. The first-order chi connectivity index (χ1) is 11.2. The SMILES string of the molecule is CC(C)(C)OC(=O)CNc1ccc(N2C(=O)CC[C@H]2C(=O)O)cc1. The molecule has 2 rings (SSSR count). The molecule has 0 spiro atoms. The van der Waals surface area contributed by atoms with E-state index in [1.165, 1.54) is 4.90 Å². The van der Waals surface area contributed by atoms with Crippen molar-refractivity contribution < 1.29 is 24.2 Å². The number of carboxylic acids is 1. The molecule has 7 nitrogen and oxygen atoms in total. The Kier molecular flexibility index (Phi) is 5.11. The number of hydrogen-bond acceptors (Lipinski definition) is 5. The second kappa shape index (κ2) is 6.90. The van der Waals surface area contributed by atoms with Gasteiger partial charge >= 0.3 is 11.9 Å². The van der Waals surface area contributed by atoms with E-state index < -0.39 is 17.6 Å². The number of ether oxygens (including phenoxy) is 1. The minimum absolute atomic E-state index is 0.0248. The monoisotopic (exact) mass is 334 g/mol. The standard InChI is InChI=1S/C17H22N2O5/c1-17(2,3)24-15(21)10-18-11-4-6-12(7-5-11)19-13(16(22)23)8-9-14(19)20/h4-7,13,18H,8-10H2,1-3H3,(H,22,23)/t13-/m0/s1. The van der Waals surface area contributed by atoms with Crippen LogP contribution in [0.25, 0.3) is 0 Å². The van der Waals surface area contributed by atoms with Gasteiger partial charge in [-0.3, -0.25) is 14.5 Å². The van der Waals surface area contributed by atoms with E-state index in [4.69, 9.17) is 4.74 Å². The van der Waals surface area contributed by atoms with Crippen LogP contribution in [0.5, 0.6) is 0 Å². The highest BCUT2D eigenvalue weighted by Crippen LogP contribution is 2.27. The number of esters is 1. The maximum absolute atomic E-state index is 11.9. The second-order valence-electron chi connectivity index (χ2n) is 6.64. The third-order valence-corrected chi connectivity index (χ3v) is 3.50. The maximum Gasteiger partial charge on any atom is 0.326 e. The average Bonchev–Trinajstić information content (AvgIpc) is 2.86. The van der Waals surface area contributed by atoms with Gasteiger partial charge in [0.15, 0.2) is 0 Å². The van der Waals surface area contributed by atoms with E-state index in [1.807, 2.05) is 0 Å². The quantitative estimate of drug-likeness (QED) is 0.800. The Hall–Kier alpha value is -2.57. The predicted molar refractivity (Wildman–Crippen MR) is 88.9 cm³/mol. The highest BCUT2D eigenvalue weighted by atomic mass is 16.6. The van der Waals surface area contributed by atoms with Gasteiger partial charge in [0.2, 0.25) is 5.91 Å². The molecule has 0 aliphatic carbocycles. The molecule has 1 atom stereocenters. The summed E-state index contributed by atoms with van der Waals surface area (Å²) in [6.45, 7) is 5.42. The lowest BCUT2D eigenvalue weighted by molar-refractivity contribution is -0.152. The summed E-state index contributed by atoms with van der Waals surface area (Å²) < 4.78 is 5.20. The molecule has 0 aromatic heterocycles. The molecule has 2 N–H and O–H groups in total. The fraction of sp³-hybridized carbons (Fsp3) is 0.471.